The fourth-order valence-corrected chi connectivity index (χ4v) is 3.05. The van der Waals surface area contributed by atoms with Crippen molar-refractivity contribution < 1.29 is 0 Å². The summed E-state index contributed by atoms with van der Waals surface area (Å²) in [6.45, 7) is 0. The van der Waals surface area contributed by atoms with Gasteiger partial charge in [-0.1, -0.05) is 60.7 Å². The maximum atomic E-state index is 9.59. The zero-order valence-electron chi connectivity index (χ0n) is 12.9. The Kier molecular flexibility index (Phi) is 3.36. The van der Waals surface area contributed by atoms with Gasteiger partial charge >= 0.3 is 0 Å². The molecule has 1 aliphatic rings. The maximum Gasteiger partial charge on any atom is 0.153 e. The number of nitrogens with zero attached hydrogens (tertiary/aromatic N) is 4. The van der Waals surface area contributed by atoms with Gasteiger partial charge in [0.15, 0.2) is 5.82 Å². The maximum absolute atomic E-state index is 9.59. The van der Waals surface area contributed by atoms with Gasteiger partial charge in [0.2, 0.25) is 0 Å². The number of benzene rings is 2. The SMILES string of the molecule is N#CC1C(N)=Nc2cc(-c3ccccc3)nn2C1c1ccccc1. The lowest BCUT2D eigenvalue weighted by atomic mass is 9.92. The van der Waals surface area contributed by atoms with Crippen LogP contribution in [0.3, 0.4) is 0 Å². The fraction of sp³-hybridized carbons (Fsp3) is 0.105. The fourth-order valence-electron chi connectivity index (χ4n) is 3.05. The predicted octanol–water partition coefficient (Wildman–Crippen LogP) is 3.28. The molecule has 2 N–H and O–H groups in total. The van der Waals surface area contributed by atoms with E-state index in [0.29, 0.717) is 11.7 Å². The minimum Gasteiger partial charge on any atom is -0.386 e. The first-order chi connectivity index (χ1) is 11.8. The van der Waals surface area contributed by atoms with Gasteiger partial charge in [-0.2, -0.15) is 10.4 Å². The summed E-state index contributed by atoms with van der Waals surface area (Å²) >= 11 is 0. The molecule has 1 aromatic heterocycles. The predicted molar refractivity (Wildman–Crippen MR) is 92.6 cm³/mol. The highest BCUT2D eigenvalue weighted by atomic mass is 15.4. The number of hydrogen-bond donors (Lipinski definition) is 1. The van der Waals surface area contributed by atoms with E-state index in [1.54, 1.807) is 0 Å². The average Bonchev–Trinajstić information content (AvgIpc) is 3.05. The number of aliphatic imine (C=N–C) groups is 1. The van der Waals surface area contributed by atoms with Crippen molar-refractivity contribution in [2.24, 2.45) is 16.6 Å². The van der Waals surface area contributed by atoms with E-state index in [9.17, 15) is 5.26 Å². The third kappa shape index (κ3) is 2.25. The van der Waals surface area contributed by atoms with Crippen molar-refractivity contribution in [3.63, 3.8) is 0 Å². The van der Waals surface area contributed by atoms with Crippen molar-refractivity contribution in [1.82, 2.24) is 9.78 Å². The van der Waals surface area contributed by atoms with Gasteiger partial charge in [-0.25, -0.2) is 9.67 Å². The molecule has 2 atom stereocenters. The first kappa shape index (κ1) is 14.2. The number of nitriles is 1. The van der Waals surface area contributed by atoms with Crippen molar-refractivity contribution >= 4 is 11.7 Å². The van der Waals surface area contributed by atoms with E-state index in [0.717, 1.165) is 16.8 Å². The Labute approximate surface area is 139 Å². The molecule has 2 heterocycles. The second kappa shape index (κ2) is 5.67. The van der Waals surface area contributed by atoms with Crippen molar-refractivity contribution in [1.29, 1.82) is 5.26 Å². The number of nitrogens with two attached hydrogens (primary N) is 1. The van der Waals surface area contributed by atoms with Gasteiger partial charge in [-0.05, 0) is 5.56 Å². The molecule has 2 aromatic carbocycles. The Bertz CT molecular complexity index is 935. The minimum atomic E-state index is -0.538. The molecular formula is C19H15N5. The molecule has 0 radical (unpaired) electrons. The van der Waals surface area contributed by atoms with Crippen LogP contribution in [-0.2, 0) is 0 Å². The standard InChI is InChI=1S/C19H15N5/c20-12-15-18(14-9-5-2-6-10-14)24-17(22-19(15)21)11-16(23-24)13-7-3-1-4-8-13/h1-11,15,18H,(H2,21,22). The van der Waals surface area contributed by atoms with E-state index < -0.39 is 5.92 Å². The van der Waals surface area contributed by atoms with E-state index in [1.165, 1.54) is 0 Å². The Hall–Kier alpha value is -3.39. The monoisotopic (exact) mass is 313 g/mol. The highest BCUT2D eigenvalue weighted by Crippen LogP contribution is 2.37. The summed E-state index contributed by atoms with van der Waals surface area (Å²) in [5, 5.41) is 14.3. The van der Waals surface area contributed by atoms with Crippen LogP contribution in [-0.4, -0.2) is 15.6 Å². The zero-order valence-corrected chi connectivity index (χ0v) is 12.9. The molecule has 1 aliphatic heterocycles. The minimum absolute atomic E-state index is 0.277. The summed E-state index contributed by atoms with van der Waals surface area (Å²) in [7, 11) is 0. The molecule has 4 rings (SSSR count). The van der Waals surface area contributed by atoms with Crippen LogP contribution in [0.25, 0.3) is 11.3 Å². The van der Waals surface area contributed by atoms with Crippen molar-refractivity contribution in [3.8, 4) is 17.3 Å². The average molecular weight is 313 g/mol. The van der Waals surface area contributed by atoms with Gasteiger partial charge in [0.25, 0.3) is 0 Å². The molecule has 0 saturated carbocycles. The van der Waals surface area contributed by atoms with Crippen LogP contribution in [0.15, 0.2) is 71.7 Å². The van der Waals surface area contributed by atoms with Crippen LogP contribution in [0, 0.1) is 17.2 Å². The molecule has 24 heavy (non-hydrogen) atoms. The number of hydrogen-bond acceptors (Lipinski definition) is 4. The van der Waals surface area contributed by atoms with E-state index in [-0.39, 0.29) is 6.04 Å². The lowest BCUT2D eigenvalue weighted by molar-refractivity contribution is 0.476. The molecule has 5 nitrogen and oxygen atoms in total. The summed E-state index contributed by atoms with van der Waals surface area (Å²) in [6, 6.07) is 23.6. The van der Waals surface area contributed by atoms with Gasteiger partial charge in [0.05, 0.1) is 11.8 Å². The topological polar surface area (TPSA) is 80.0 Å². The molecule has 116 valence electrons. The van der Waals surface area contributed by atoms with E-state index in [4.69, 9.17) is 10.8 Å². The summed E-state index contributed by atoms with van der Waals surface area (Å²) < 4.78 is 1.81. The molecule has 0 bridgehead atoms. The van der Waals surface area contributed by atoms with Gasteiger partial charge < -0.3 is 5.73 Å². The number of rotatable bonds is 2. The Balaban J connectivity index is 1.88. The third-order valence-electron chi connectivity index (χ3n) is 4.21. The zero-order chi connectivity index (χ0) is 16.5. The van der Waals surface area contributed by atoms with Crippen molar-refractivity contribution in [2.75, 3.05) is 0 Å². The van der Waals surface area contributed by atoms with Crippen molar-refractivity contribution in [3.05, 3.63) is 72.3 Å². The van der Waals surface area contributed by atoms with Crippen LogP contribution < -0.4 is 5.73 Å². The molecule has 0 saturated heterocycles. The Morgan fingerprint density at radius 2 is 1.67 bits per heavy atom. The first-order valence-electron chi connectivity index (χ1n) is 7.71. The highest BCUT2D eigenvalue weighted by Gasteiger charge is 2.34. The summed E-state index contributed by atoms with van der Waals surface area (Å²) in [4.78, 5) is 4.39. The summed E-state index contributed by atoms with van der Waals surface area (Å²) in [5.41, 5.74) is 8.89. The lowest BCUT2D eigenvalue weighted by Crippen LogP contribution is -2.35. The second-order valence-corrected chi connectivity index (χ2v) is 5.70. The number of amidine groups is 1. The Morgan fingerprint density at radius 3 is 2.33 bits per heavy atom. The smallest absolute Gasteiger partial charge is 0.153 e. The molecule has 5 heteroatoms. The number of aromatic nitrogens is 2. The third-order valence-corrected chi connectivity index (χ3v) is 4.21. The molecule has 0 spiro atoms. The van der Waals surface area contributed by atoms with Gasteiger partial charge in [-0.15, -0.1) is 0 Å². The van der Waals surface area contributed by atoms with Crippen LogP contribution in [0.1, 0.15) is 11.6 Å². The van der Waals surface area contributed by atoms with Gasteiger partial charge in [0, 0.05) is 11.6 Å². The van der Waals surface area contributed by atoms with E-state index in [1.807, 2.05) is 71.4 Å². The summed E-state index contributed by atoms with van der Waals surface area (Å²) in [6.07, 6.45) is 0. The van der Waals surface area contributed by atoms with Crippen molar-refractivity contribution in [2.45, 2.75) is 6.04 Å². The van der Waals surface area contributed by atoms with E-state index >= 15 is 0 Å². The van der Waals surface area contributed by atoms with Crippen LogP contribution in [0.5, 0.6) is 0 Å². The molecule has 2 unspecified atom stereocenters. The van der Waals surface area contributed by atoms with Crippen LogP contribution >= 0.6 is 0 Å². The highest BCUT2D eigenvalue weighted by molar-refractivity contribution is 5.89. The number of fused-ring (bicyclic) bond motifs is 1. The van der Waals surface area contributed by atoms with Crippen LogP contribution in [0.2, 0.25) is 0 Å². The molecule has 0 aliphatic carbocycles. The Morgan fingerprint density at radius 1 is 1.00 bits per heavy atom. The normalized spacial score (nSPS) is 19.2. The molecule has 3 aromatic rings. The summed E-state index contributed by atoms with van der Waals surface area (Å²) in [5.74, 6) is 0.466. The second-order valence-electron chi connectivity index (χ2n) is 5.70. The quantitative estimate of drug-likeness (QED) is 0.788. The molecule has 0 fully saturated rings. The first-order valence-corrected chi connectivity index (χ1v) is 7.71. The lowest BCUT2D eigenvalue weighted by Gasteiger charge is -2.27. The molecule has 0 amide bonds. The largest absolute Gasteiger partial charge is 0.386 e. The van der Waals surface area contributed by atoms with Gasteiger partial charge in [0.1, 0.15) is 17.8 Å². The molecular weight excluding hydrogens is 298 g/mol. The van der Waals surface area contributed by atoms with Crippen LogP contribution in [0.4, 0.5) is 5.82 Å². The van der Waals surface area contributed by atoms with E-state index in [2.05, 4.69) is 11.1 Å². The van der Waals surface area contributed by atoms with Gasteiger partial charge in [-0.3, -0.25) is 0 Å².